The van der Waals surface area contributed by atoms with Gasteiger partial charge in [0.25, 0.3) is 0 Å². The third-order valence-electron chi connectivity index (χ3n) is 1.47. The van der Waals surface area contributed by atoms with Crippen molar-refractivity contribution in [1.82, 2.24) is 0 Å². The fourth-order valence-electron chi connectivity index (χ4n) is 0.867. The minimum Gasteiger partial charge on any atom is -0.398 e. The predicted octanol–water partition coefficient (Wildman–Crippen LogP) is 2.84. The molecule has 0 aliphatic heterocycles. The van der Waals surface area contributed by atoms with E-state index in [1.165, 1.54) is 6.92 Å². The summed E-state index contributed by atoms with van der Waals surface area (Å²) < 4.78 is 1.91. The molecular formula is C8H7BrINO. The van der Waals surface area contributed by atoms with Crippen LogP contribution in [0.1, 0.15) is 17.3 Å². The Hall–Kier alpha value is -0.100. The van der Waals surface area contributed by atoms with Gasteiger partial charge in [-0.25, -0.2) is 0 Å². The predicted molar refractivity (Wildman–Crippen MR) is 61.3 cm³/mol. The zero-order valence-corrected chi connectivity index (χ0v) is 10.1. The first-order valence-corrected chi connectivity index (χ1v) is 5.15. The maximum Gasteiger partial charge on any atom is 0.161 e. The summed E-state index contributed by atoms with van der Waals surface area (Å²) >= 11 is 5.49. The number of nitrogens with two attached hydrogens (primary N) is 1. The quantitative estimate of drug-likeness (QED) is 0.485. The Labute approximate surface area is 92.8 Å². The van der Waals surface area contributed by atoms with Crippen LogP contribution in [0.3, 0.4) is 0 Å². The minimum atomic E-state index is -0.00963. The molecule has 12 heavy (non-hydrogen) atoms. The highest BCUT2D eigenvalue weighted by atomic mass is 127. The molecule has 0 heterocycles. The highest BCUT2D eigenvalue weighted by molar-refractivity contribution is 14.1. The van der Waals surface area contributed by atoms with Crippen LogP contribution in [0.25, 0.3) is 0 Å². The number of nitrogen functional groups attached to an aromatic ring is 1. The van der Waals surface area contributed by atoms with Crippen LogP contribution in [-0.4, -0.2) is 5.78 Å². The maximum atomic E-state index is 11.0. The van der Waals surface area contributed by atoms with E-state index in [4.69, 9.17) is 5.73 Å². The third-order valence-corrected chi connectivity index (χ3v) is 3.76. The lowest BCUT2D eigenvalue weighted by atomic mass is 10.1. The number of ketones is 1. The molecule has 0 aliphatic carbocycles. The van der Waals surface area contributed by atoms with E-state index in [9.17, 15) is 4.79 Å². The first-order valence-electron chi connectivity index (χ1n) is 3.28. The van der Waals surface area contributed by atoms with Crippen molar-refractivity contribution in [1.29, 1.82) is 0 Å². The molecule has 0 aromatic heterocycles. The van der Waals surface area contributed by atoms with Crippen LogP contribution in [0, 0.1) is 3.57 Å². The summed E-state index contributed by atoms with van der Waals surface area (Å²) in [5.74, 6) is -0.00963. The van der Waals surface area contributed by atoms with E-state index in [0.717, 1.165) is 8.04 Å². The van der Waals surface area contributed by atoms with Crippen LogP contribution < -0.4 is 5.73 Å². The second-order valence-corrected chi connectivity index (χ2v) is 4.43. The first-order chi connectivity index (χ1) is 5.52. The second-order valence-electron chi connectivity index (χ2n) is 2.41. The monoisotopic (exact) mass is 339 g/mol. The van der Waals surface area contributed by atoms with Crippen LogP contribution >= 0.6 is 38.5 Å². The molecule has 1 aromatic carbocycles. The molecule has 0 amide bonds. The van der Waals surface area contributed by atoms with Gasteiger partial charge in [0.1, 0.15) is 0 Å². The van der Waals surface area contributed by atoms with Crippen LogP contribution in [0.2, 0.25) is 0 Å². The molecule has 4 heteroatoms. The number of halogens is 2. The molecule has 0 saturated carbocycles. The van der Waals surface area contributed by atoms with Gasteiger partial charge in [-0.1, -0.05) is 0 Å². The van der Waals surface area contributed by atoms with Gasteiger partial charge in [0.15, 0.2) is 5.78 Å². The number of rotatable bonds is 1. The fourth-order valence-corrected chi connectivity index (χ4v) is 1.70. The maximum absolute atomic E-state index is 11.0. The Kier molecular flexibility index (Phi) is 3.11. The molecular weight excluding hydrogens is 333 g/mol. The fraction of sp³-hybridized carbons (Fsp3) is 0.125. The summed E-state index contributed by atoms with van der Waals surface area (Å²) in [5, 5.41) is 0. The lowest BCUT2D eigenvalue weighted by Gasteiger charge is -2.03. The normalized spacial score (nSPS) is 9.92. The molecule has 0 atom stereocenters. The average Bonchev–Trinajstić information content (AvgIpc) is 1.96. The van der Waals surface area contributed by atoms with E-state index in [1.807, 2.05) is 0 Å². The number of anilines is 1. The first kappa shape index (κ1) is 9.98. The Morgan fingerprint density at radius 3 is 2.67 bits per heavy atom. The molecule has 2 nitrogen and oxygen atoms in total. The minimum absolute atomic E-state index is 0.00963. The largest absolute Gasteiger partial charge is 0.398 e. The topological polar surface area (TPSA) is 43.1 Å². The molecule has 0 aliphatic rings. The summed E-state index contributed by atoms with van der Waals surface area (Å²) in [6.45, 7) is 1.50. The molecule has 64 valence electrons. The SMILES string of the molecule is CC(=O)c1cc(Br)c(I)cc1N. The molecule has 0 fully saturated rings. The van der Waals surface area contributed by atoms with Crippen LogP contribution in [0.5, 0.6) is 0 Å². The van der Waals surface area contributed by atoms with E-state index >= 15 is 0 Å². The summed E-state index contributed by atoms with van der Waals surface area (Å²) in [6.07, 6.45) is 0. The number of hydrogen-bond acceptors (Lipinski definition) is 2. The van der Waals surface area contributed by atoms with Gasteiger partial charge in [0.2, 0.25) is 0 Å². The number of carbonyl (C=O) groups excluding carboxylic acids is 1. The van der Waals surface area contributed by atoms with Crippen molar-refractivity contribution in [2.75, 3.05) is 5.73 Å². The highest BCUT2D eigenvalue weighted by Crippen LogP contribution is 2.25. The van der Waals surface area contributed by atoms with E-state index < -0.39 is 0 Å². The summed E-state index contributed by atoms with van der Waals surface area (Å²) in [7, 11) is 0. The molecule has 0 spiro atoms. The van der Waals surface area contributed by atoms with E-state index in [0.29, 0.717) is 11.3 Å². The van der Waals surface area contributed by atoms with Crippen molar-refractivity contribution in [3.05, 3.63) is 25.7 Å². The lowest BCUT2D eigenvalue weighted by molar-refractivity contribution is 0.101. The summed E-state index contributed by atoms with van der Waals surface area (Å²) in [6, 6.07) is 3.53. The molecule has 0 bridgehead atoms. The highest BCUT2D eigenvalue weighted by Gasteiger charge is 2.07. The second kappa shape index (κ2) is 3.74. The molecule has 0 radical (unpaired) electrons. The van der Waals surface area contributed by atoms with Crippen LogP contribution in [-0.2, 0) is 0 Å². The van der Waals surface area contributed by atoms with Gasteiger partial charge in [-0.05, 0) is 57.6 Å². The third kappa shape index (κ3) is 1.98. The Balaban J connectivity index is 3.33. The standard InChI is InChI=1S/C8H7BrINO/c1-4(12)5-2-6(9)7(10)3-8(5)11/h2-3H,11H2,1H3. The lowest BCUT2D eigenvalue weighted by Crippen LogP contribution is -2.00. The Bertz CT molecular complexity index is 338. The van der Waals surface area contributed by atoms with E-state index in [-0.39, 0.29) is 5.78 Å². The van der Waals surface area contributed by atoms with Gasteiger partial charge >= 0.3 is 0 Å². The van der Waals surface area contributed by atoms with Crippen LogP contribution in [0.4, 0.5) is 5.69 Å². The number of benzene rings is 1. The van der Waals surface area contributed by atoms with Gasteiger partial charge in [0.05, 0.1) is 0 Å². The van der Waals surface area contributed by atoms with E-state index in [1.54, 1.807) is 12.1 Å². The molecule has 1 aromatic rings. The number of carbonyl (C=O) groups is 1. The van der Waals surface area contributed by atoms with Crippen molar-refractivity contribution in [2.45, 2.75) is 6.92 Å². The van der Waals surface area contributed by atoms with Gasteiger partial charge in [-0.2, -0.15) is 0 Å². The van der Waals surface area contributed by atoms with Gasteiger partial charge in [0, 0.05) is 19.3 Å². The molecule has 0 saturated heterocycles. The van der Waals surface area contributed by atoms with Crippen LogP contribution in [0.15, 0.2) is 16.6 Å². The van der Waals surface area contributed by atoms with Crippen molar-refractivity contribution >= 4 is 50.0 Å². The van der Waals surface area contributed by atoms with Crippen molar-refractivity contribution in [3.63, 3.8) is 0 Å². The Morgan fingerprint density at radius 1 is 1.58 bits per heavy atom. The summed E-state index contributed by atoms with van der Waals surface area (Å²) in [5.41, 5.74) is 6.75. The zero-order chi connectivity index (χ0) is 9.30. The van der Waals surface area contributed by atoms with Crippen molar-refractivity contribution in [3.8, 4) is 0 Å². The van der Waals surface area contributed by atoms with Gasteiger partial charge in [-0.3, -0.25) is 4.79 Å². The van der Waals surface area contributed by atoms with Gasteiger partial charge < -0.3 is 5.73 Å². The van der Waals surface area contributed by atoms with E-state index in [2.05, 4.69) is 38.5 Å². The molecule has 1 rings (SSSR count). The average molecular weight is 340 g/mol. The molecule has 0 unspecified atom stereocenters. The summed E-state index contributed by atoms with van der Waals surface area (Å²) in [4.78, 5) is 11.0. The zero-order valence-electron chi connectivity index (χ0n) is 6.40. The molecule has 2 N–H and O–H groups in total. The number of hydrogen-bond donors (Lipinski definition) is 1. The van der Waals surface area contributed by atoms with Crippen molar-refractivity contribution < 1.29 is 4.79 Å². The van der Waals surface area contributed by atoms with Crippen molar-refractivity contribution in [2.24, 2.45) is 0 Å². The number of Topliss-reactive ketones (excluding diaryl/α,β-unsaturated/α-hetero) is 1. The van der Waals surface area contributed by atoms with Gasteiger partial charge in [-0.15, -0.1) is 0 Å². The Morgan fingerprint density at radius 2 is 2.17 bits per heavy atom. The smallest absolute Gasteiger partial charge is 0.161 e.